The summed E-state index contributed by atoms with van der Waals surface area (Å²) in [5.74, 6) is 0.144. The van der Waals surface area contributed by atoms with Crippen LogP contribution in [0.3, 0.4) is 0 Å². The first-order chi connectivity index (χ1) is 13.3. The van der Waals surface area contributed by atoms with Gasteiger partial charge in [-0.25, -0.2) is 0 Å². The monoisotopic (exact) mass is 376 g/mol. The van der Waals surface area contributed by atoms with E-state index in [-0.39, 0.29) is 17.2 Å². The van der Waals surface area contributed by atoms with Crippen molar-refractivity contribution < 1.29 is 14.0 Å². The number of nitrogens with one attached hydrogen (secondary N) is 2. The molecule has 3 aromatic rings. The van der Waals surface area contributed by atoms with Crippen LogP contribution < -0.4 is 10.6 Å². The predicted octanol–water partition coefficient (Wildman–Crippen LogP) is 4.76. The minimum absolute atomic E-state index is 0.0554. The Morgan fingerprint density at radius 3 is 2.18 bits per heavy atom. The third-order valence-electron chi connectivity index (χ3n) is 4.40. The first-order valence-electron chi connectivity index (χ1n) is 9.15. The molecule has 2 amide bonds. The van der Waals surface area contributed by atoms with Gasteiger partial charge in [0, 0.05) is 16.8 Å². The molecule has 28 heavy (non-hydrogen) atoms. The van der Waals surface area contributed by atoms with E-state index in [0.29, 0.717) is 29.1 Å². The van der Waals surface area contributed by atoms with Gasteiger partial charge in [0.05, 0.1) is 12.8 Å². The van der Waals surface area contributed by atoms with Gasteiger partial charge in [0.25, 0.3) is 11.8 Å². The topological polar surface area (TPSA) is 71.3 Å². The fourth-order valence-electron chi connectivity index (χ4n) is 2.74. The molecule has 0 spiro atoms. The fraction of sp³-hybridized carbons (Fsp3) is 0.217. The molecule has 0 aliphatic heterocycles. The predicted molar refractivity (Wildman–Crippen MR) is 109 cm³/mol. The molecule has 2 N–H and O–H groups in total. The lowest BCUT2D eigenvalue weighted by Gasteiger charge is -2.19. The molecule has 2 aromatic carbocycles. The van der Waals surface area contributed by atoms with Crippen LogP contribution in [0.1, 0.15) is 52.8 Å². The summed E-state index contributed by atoms with van der Waals surface area (Å²) < 4.78 is 5.20. The van der Waals surface area contributed by atoms with E-state index in [2.05, 4.69) is 31.4 Å². The van der Waals surface area contributed by atoms with E-state index in [0.717, 1.165) is 0 Å². The second kappa shape index (κ2) is 8.13. The molecule has 144 valence electrons. The minimum Gasteiger partial charge on any atom is -0.467 e. The second-order valence-electron chi connectivity index (χ2n) is 7.62. The summed E-state index contributed by atoms with van der Waals surface area (Å²) in [5, 5.41) is 5.64. The molecule has 3 rings (SSSR count). The van der Waals surface area contributed by atoms with Gasteiger partial charge in [-0.1, -0.05) is 39.0 Å². The van der Waals surface area contributed by atoms with Crippen molar-refractivity contribution in [2.24, 2.45) is 0 Å². The maximum absolute atomic E-state index is 12.6. The molecule has 0 bridgehead atoms. The highest BCUT2D eigenvalue weighted by Gasteiger charge is 2.14. The van der Waals surface area contributed by atoms with Gasteiger partial charge in [-0.15, -0.1) is 0 Å². The molecule has 0 aliphatic carbocycles. The molecular formula is C23H24N2O3. The van der Waals surface area contributed by atoms with E-state index in [1.54, 1.807) is 42.7 Å². The van der Waals surface area contributed by atoms with Crippen LogP contribution in [0.2, 0.25) is 0 Å². The summed E-state index contributed by atoms with van der Waals surface area (Å²) in [6.45, 7) is 6.72. The Labute approximate surface area is 164 Å². The lowest BCUT2D eigenvalue weighted by Crippen LogP contribution is -2.23. The number of anilines is 1. The third-order valence-corrected chi connectivity index (χ3v) is 4.40. The Morgan fingerprint density at radius 2 is 1.57 bits per heavy atom. The maximum atomic E-state index is 12.6. The normalized spacial score (nSPS) is 11.1. The van der Waals surface area contributed by atoms with E-state index in [1.807, 2.05) is 24.3 Å². The number of benzene rings is 2. The van der Waals surface area contributed by atoms with Crippen LogP contribution in [0.15, 0.2) is 71.3 Å². The molecule has 5 nitrogen and oxygen atoms in total. The number of carbonyl (C=O) groups is 2. The second-order valence-corrected chi connectivity index (χ2v) is 7.62. The van der Waals surface area contributed by atoms with E-state index in [9.17, 15) is 9.59 Å². The summed E-state index contributed by atoms with van der Waals surface area (Å²) in [7, 11) is 0. The van der Waals surface area contributed by atoms with E-state index >= 15 is 0 Å². The fourth-order valence-corrected chi connectivity index (χ4v) is 2.74. The average Bonchev–Trinajstić information content (AvgIpc) is 3.19. The zero-order chi connectivity index (χ0) is 20.1. The molecule has 1 heterocycles. The Balaban J connectivity index is 1.65. The molecule has 0 saturated carbocycles. The largest absolute Gasteiger partial charge is 0.467 e. The Kier molecular flexibility index (Phi) is 5.64. The van der Waals surface area contributed by atoms with Crippen molar-refractivity contribution in [3.8, 4) is 0 Å². The zero-order valence-electron chi connectivity index (χ0n) is 16.3. The molecule has 1 aromatic heterocycles. The van der Waals surface area contributed by atoms with Crippen molar-refractivity contribution in [2.75, 3.05) is 5.32 Å². The number of amides is 2. The standard InChI is InChI=1S/C23H24N2O3/c1-23(2,3)18-9-11-19(12-10-18)25-22(27)17-7-4-6-16(14-17)21(26)24-15-20-8-5-13-28-20/h4-14H,15H2,1-3H3,(H,24,26)(H,25,27). The van der Waals surface area contributed by atoms with Crippen molar-refractivity contribution >= 4 is 17.5 Å². The average molecular weight is 376 g/mol. The van der Waals surface area contributed by atoms with Crippen LogP contribution in [0.25, 0.3) is 0 Å². The summed E-state index contributed by atoms with van der Waals surface area (Å²) in [4.78, 5) is 24.9. The van der Waals surface area contributed by atoms with Gasteiger partial charge < -0.3 is 15.1 Å². The Hall–Kier alpha value is -3.34. The van der Waals surface area contributed by atoms with Gasteiger partial charge in [0.15, 0.2) is 0 Å². The molecule has 0 fully saturated rings. The number of furan rings is 1. The molecular weight excluding hydrogens is 352 g/mol. The van der Waals surface area contributed by atoms with Gasteiger partial charge in [-0.05, 0) is 53.4 Å². The summed E-state index contributed by atoms with van der Waals surface area (Å²) in [6.07, 6.45) is 1.56. The van der Waals surface area contributed by atoms with Crippen molar-refractivity contribution in [1.82, 2.24) is 5.32 Å². The minimum atomic E-state index is -0.263. The summed E-state index contributed by atoms with van der Waals surface area (Å²) in [6, 6.07) is 18.0. The smallest absolute Gasteiger partial charge is 0.255 e. The Bertz CT molecular complexity index is 952. The maximum Gasteiger partial charge on any atom is 0.255 e. The van der Waals surface area contributed by atoms with Crippen molar-refractivity contribution in [2.45, 2.75) is 32.7 Å². The first kappa shape index (κ1) is 19.4. The summed E-state index contributed by atoms with van der Waals surface area (Å²) in [5.41, 5.74) is 2.80. The number of rotatable bonds is 5. The van der Waals surface area contributed by atoms with E-state index < -0.39 is 0 Å². The molecule has 0 unspecified atom stereocenters. The zero-order valence-corrected chi connectivity index (χ0v) is 16.3. The van der Waals surface area contributed by atoms with Crippen molar-refractivity contribution in [1.29, 1.82) is 0 Å². The van der Waals surface area contributed by atoms with Crippen LogP contribution in [0.4, 0.5) is 5.69 Å². The first-order valence-corrected chi connectivity index (χ1v) is 9.15. The van der Waals surface area contributed by atoms with Crippen molar-refractivity contribution in [3.05, 3.63) is 89.4 Å². The van der Waals surface area contributed by atoms with Gasteiger partial charge >= 0.3 is 0 Å². The quantitative estimate of drug-likeness (QED) is 0.674. The number of hydrogen-bond donors (Lipinski definition) is 2. The summed E-state index contributed by atoms with van der Waals surface area (Å²) >= 11 is 0. The SMILES string of the molecule is CC(C)(C)c1ccc(NC(=O)c2cccc(C(=O)NCc3ccco3)c2)cc1. The number of hydrogen-bond acceptors (Lipinski definition) is 3. The Morgan fingerprint density at radius 1 is 0.893 bits per heavy atom. The molecule has 0 saturated heterocycles. The van der Waals surface area contributed by atoms with Crippen LogP contribution in [0.5, 0.6) is 0 Å². The van der Waals surface area contributed by atoms with Gasteiger partial charge in [-0.2, -0.15) is 0 Å². The van der Waals surface area contributed by atoms with Crippen LogP contribution in [-0.4, -0.2) is 11.8 Å². The van der Waals surface area contributed by atoms with Gasteiger partial charge in [-0.3, -0.25) is 9.59 Å². The highest BCUT2D eigenvalue weighted by molar-refractivity contribution is 6.06. The lowest BCUT2D eigenvalue weighted by atomic mass is 9.87. The van der Waals surface area contributed by atoms with Gasteiger partial charge in [0.1, 0.15) is 5.76 Å². The van der Waals surface area contributed by atoms with Gasteiger partial charge in [0.2, 0.25) is 0 Å². The van der Waals surface area contributed by atoms with Crippen LogP contribution in [-0.2, 0) is 12.0 Å². The molecule has 0 aliphatic rings. The molecule has 0 radical (unpaired) electrons. The van der Waals surface area contributed by atoms with Crippen molar-refractivity contribution in [3.63, 3.8) is 0 Å². The highest BCUT2D eigenvalue weighted by Crippen LogP contribution is 2.23. The molecule has 5 heteroatoms. The van der Waals surface area contributed by atoms with Crippen LogP contribution in [0, 0.1) is 0 Å². The lowest BCUT2D eigenvalue weighted by molar-refractivity contribution is 0.0948. The highest BCUT2D eigenvalue weighted by atomic mass is 16.3. The van der Waals surface area contributed by atoms with E-state index in [4.69, 9.17) is 4.42 Å². The van der Waals surface area contributed by atoms with Crippen LogP contribution >= 0.6 is 0 Å². The number of carbonyl (C=O) groups excluding carboxylic acids is 2. The third kappa shape index (κ3) is 4.88. The van der Waals surface area contributed by atoms with E-state index in [1.165, 1.54) is 5.56 Å². The molecule has 0 atom stereocenters.